The molecule has 0 spiro atoms. The number of carbonyl (C=O) groups is 1. The van der Waals surface area contributed by atoms with Gasteiger partial charge in [-0.05, 0) is 30.7 Å². The minimum Gasteiger partial charge on any atom is -0.478 e. The Morgan fingerprint density at radius 2 is 2.05 bits per heavy atom. The molecule has 2 rings (SSSR count). The molecular formula is C14H19NO4S2. The normalized spacial score (nSPS) is 18.3. The van der Waals surface area contributed by atoms with E-state index in [0.717, 1.165) is 10.6 Å². The maximum absolute atomic E-state index is 11.5. The molecule has 0 atom stereocenters. The summed E-state index contributed by atoms with van der Waals surface area (Å²) in [5.74, 6) is 0.163. The first kappa shape index (κ1) is 16.2. The van der Waals surface area contributed by atoms with Gasteiger partial charge < -0.3 is 10.4 Å². The Balaban J connectivity index is 2.20. The van der Waals surface area contributed by atoms with Crippen LogP contribution >= 0.6 is 11.8 Å². The monoisotopic (exact) mass is 329 g/mol. The number of hydrogen-bond acceptors (Lipinski definition) is 5. The van der Waals surface area contributed by atoms with E-state index in [0.29, 0.717) is 18.5 Å². The molecule has 1 aliphatic rings. The van der Waals surface area contributed by atoms with Gasteiger partial charge in [0.2, 0.25) is 0 Å². The first-order valence-electron chi connectivity index (χ1n) is 6.89. The lowest BCUT2D eigenvalue weighted by molar-refractivity contribution is 0.0694. The summed E-state index contributed by atoms with van der Waals surface area (Å²) in [6.07, 6.45) is 1.04. The number of rotatable bonds is 5. The van der Waals surface area contributed by atoms with E-state index in [-0.39, 0.29) is 23.1 Å². The van der Waals surface area contributed by atoms with Gasteiger partial charge in [0.1, 0.15) is 9.84 Å². The molecule has 1 heterocycles. The molecule has 5 nitrogen and oxygen atoms in total. The molecule has 1 aromatic carbocycles. The first-order chi connectivity index (χ1) is 9.93. The van der Waals surface area contributed by atoms with Crippen molar-refractivity contribution in [3.05, 3.63) is 23.8 Å². The molecule has 0 aliphatic carbocycles. The summed E-state index contributed by atoms with van der Waals surface area (Å²) >= 11 is 1.49. The van der Waals surface area contributed by atoms with Gasteiger partial charge in [-0.15, -0.1) is 11.8 Å². The average Bonchev–Trinajstić information content (AvgIpc) is 2.41. The summed E-state index contributed by atoms with van der Waals surface area (Å²) in [6, 6.07) is 5.38. The molecule has 21 heavy (non-hydrogen) atoms. The Labute approximate surface area is 129 Å². The summed E-state index contributed by atoms with van der Waals surface area (Å²) in [7, 11) is -2.91. The molecule has 1 aromatic rings. The van der Waals surface area contributed by atoms with Crippen LogP contribution in [0.4, 0.5) is 5.69 Å². The van der Waals surface area contributed by atoms with E-state index in [4.69, 9.17) is 0 Å². The third kappa shape index (κ3) is 4.14. The second kappa shape index (κ2) is 6.70. The Bertz CT molecular complexity index is 614. The number of anilines is 1. The van der Waals surface area contributed by atoms with Crippen LogP contribution in [-0.2, 0) is 9.84 Å². The molecule has 1 fully saturated rings. The van der Waals surface area contributed by atoms with Gasteiger partial charge in [-0.1, -0.05) is 13.0 Å². The van der Waals surface area contributed by atoms with Gasteiger partial charge >= 0.3 is 5.97 Å². The highest BCUT2D eigenvalue weighted by atomic mass is 32.2. The summed E-state index contributed by atoms with van der Waals surface area (Å²) in [4.78, 5) is 12.2. The SMILES string of the molecule is CCSc1cccc(NC2CCS(=O)(=O)CC2)c1C(=O)O. The van der Waals surface area contributed by atoms with E-state index in [1.54, 1.807) is 12.1 Å². The lowest BCUT2D eigenvalue weighted by atomic mass is 10.1. The van der Waals surface area contributed by atoms with Gasteiger partial charge in [-0.25, -0.2) is 13.2 Å². The van der Waals surface area contributed by atoms with Gasteiger partial charge in [0.05, 0.1) is 22.8 Å². The Kier molecular flexibility index (Phi) is 5.16. The molecule has 2 N–H and O–H groups in total. The Morgan fingerprint density at radius 1 is 1.38 bits per heavy atom. The van der Waals surface area contributed by atoms with Crippen LogP contribution in [-0.4, -0.2) is 42.8 Å². The van der Waals surface area contributed by atoms with Gasteiger partial charge in [0.15, 0.2) is 0 Å². The molecule has 7 heteroatoms. The van der Waals surface area contributed by atoms with Gasteiger partial charge in [0, 0.05) is 10.9 Å². The summed E-state index contributed by atoms with van der Waals surface area (Å²) in [5, 5.41) is 12.6. The van der Waals surface area contributed by atoms with Gasteiger partial charge in [0.25, 0.3) is 0 Å². The van der Waals surface area contributed by atoms with Crippen molar-refractivity contribution in [1.82, 2.24) is 0 Å². The van der Waals surface area contributed by atoms with Crippen molar-refractivity contribution in [3.8, 4) is 0 Å². The fraction of sp³-hybridized carbons (Fsp3) is 0.500. The number of benzene rings is 1. The van der Waals surface area contributed by atoms with Crippen molar-refractivity contribution in [2.75, 3.05) is 22.6 Å². The largest absolute Gasteiger partial charge is 0.478 e. The van der Waals surface area contributed by atoms with E-state index in [1.807, 2.05) is 13.0 Å². The molecule has 1 aliphatic heterocycles. The molecule has 0 amide bonds. The van der Waals surface area contributed by atoms with Crippen LogP contribution in [0.15, 0.2) is 23.1 Å². The molecule has 116 valence electrons. The minimum absolute atomic E-state index is 0.00787. The number of carboxylic acids is 1. The highest BCUT2D eigenvalue weighted by Gasteiger charge is 2.25. The van der Waals surface area contributed by atoms with Crippen LogP contribution in [0.3, 0.4) is 0 Å². The summed E-state index contributed by atoms with van der Waals surface area (Å²) < 4.78 is 22.9. The van der Waals surface area contributed by atoms with Crippen molar-refractivity contribution < 1.29 is 18.3 Å². The van der Waals surface area contributed by atoms with Crippen LogP contribution in [0.2, 0.25) is 0 Å². The zero-order valence-corrected chi connectivity index (χ0v) is 13.5. The third-order valence-electron chi connectivity index (χ3n) is 3.45. The molecule has 1 saturated heterocycles. The fourth-order valence-corrected chi connectivity index (χ4v) is 4.72. The maximum atomic E-state index is 11.5. The smallest absolute Gasteiger partial charge is 0.338 e. The summed E-state index contributed by atoms with van der Waals surface area (Å²) in [6.45, 7) is 1.97. The Hall–Kier alpha value is -1.21. The molecule has 0 unspecified atom stereocenters. The van der Waals surface area contributed by atoms with Crippen LogP contribution in [0.5, 0.6) is 0 Å². The third-order valence-corrected chi connectivity index (χ3v) is 6.11. The van der Waals surface area contributed by atoms with E-state index < -0.39 is 15.8 Å². The predicted molar refractivity (Wildman–Crippen MR) is 85.1 cm³/mol. The van der Waals surface area contributed by atoms with Crippen LogP contribution in [0.1, 0.15) is 30.1 Å². The van der Waals surface area contributed by atoms with Crippen molar-refractivity contribution in [2.24, 2.45) is 0 Å². The molecular weight excluding hydrogens is 310 g/mol. The molecule has 0 radical (unpaired) electrons. The second-order valence-corrected chi connectivity index (χ2v) is 8.60. The second-order valence-electron chi connectivity index (χ2n) is 4.99. The van der Waals surface area contributed by atoms with Crippen LogP contribution in [0, 0.1) is 0 Å². The summed E-state index contributed by atoms with van der Waals surface area (Å²) in [5.41, 5.74) is 0.850. The Morgan fingerprint density at radius 3 is 2.62 bits per heavy atom. The zero-order chi connectivity index (χ0) is 15.5. The highest BCUT2D eigenvalue weighted by Crippen LogP contribution is 2.30. The van der Waals surface area contributed by atoms with Crippen LogP contribution in [0.25, 0.3) is 0 Å². The molecule has 0 saturated carbocycles. The standard InChI is InChI=1S/C14H19NO4S2/c1-2-20-12-5-3-4-11(13(12)14(16)17)15-10-6-8-21(18,19)9-7-10/h3-5,10,15H,2,6-9H2,1H3,(H,16,17). The highest BCUT2D eigenvalue weighted by molar-refractivity contribution is 7.99. The number of thioether (sulfide) groups is 1. The average molecular weight is 329 g/mol. The molecule has 0 bridgehead atoms. The molecule has 0 aromatic heterocycles. The number of nitrogens with one attached hydrogen (secondary N) is 1. The maximum Gasteiger partial charge on any atom is 0.338 e. The zero-order valence-electron chi connectivity index (χ0n) is 11.8. The fourth-order valence-electron chi connectivity index (χ4n) is 2.40. The minimum atomic E-state index is -2.91. The van der Waals surface area contributed by atoms with Gasteiger partial charge in [-0.3, -0.25) is 0 Å². The predicted octanol–water partition coefficient (Wildman–Crippen LogP) is 2.49. The van der Waals surface area contributed by atoms with E-state index in [9.17, 15) is 18.3 Å². The van der Waals surface area contributed by atoms with E-state index in [2.05, 4.69) is 5.32 Å². The topological polar surface area (TPSA) is 83.5 Å². The van der Waals surface area contributed by atoms with Gasteiger partial charge in [-0.2, -0.15) is 0 Å². The lowest BCUT2D eigenvalue weighted by Crippen LogP contribution is -2.32. The first-order valence-corrected chi connectivity index (χ1v) is 9.69. The number of sulfone groups is 1. The van der Waals surface area contributed by atoms with Crippen molar-refractivity contribution >= 4 is 33.3 Å². The lowest BCUT2D eigenvalue weighted by Gasteiger charge is -2.25. The van der Waals surface area contributed by atoms with E-state index in [1.165, 1.54) is 11.8 Å². The van der Waals surface area contributed by atoms with Crippen molar-refractivity contribution in [1.29, 1.82) is 0 Å². The number of carboxylic acid groups (broad SMARTS) is 1. The number of aromatic carboxylic acids is 1. The van der Waals surface area contributed by atoms with Crippen molar-refractivity contribution in [3.63, 3.8) is 0 Å². The quantitative estimate of drug-likeness (QED) is 0.808. The van der Waals surface area contributed by atoms with Crippen LogP contribution < -0.4 is 5.32 Å². The van der Waals surface area contributed by atoms with Crippen molar-refractivity contribution in [2.45, 2.75) is 30.7 Å². The van der Waals surface area contributed by atoms with E-state index >= 15 is 0 Å². The number of hydrogen-bond donors (Lipinski definition) is 2.